The molecule has 0 atom stereocenters. The highest BCUT2D eigenvalue weighted by Crippen LogP contribution is 2.35. The van der Waals surface area contributed by atoms with Gasteiger partial charge in [0.05, 0.1) is 13.1 Å². The van der Waals surface area contributed by atoms with Crippen LogP contribution in [-0.2, 0) is 13.1 Å². The largest absolute Gasteiger partial charge is 0.310 e. The first-order chi connectivity index (χ1) is 24.8. The van der Waals surface area contributed by atoms with Crippen molar-refractivity contribution in [3.63, 3.8) is 0 Å². The Balaban J connectivity index is 1.04. The van der Waals surface area contributed by atoms with E-state index in [0.717, 1.165) is 11.5 Å². The summed E-state index contributed by atoms with van der Waals surface area (Å²) in [6, 6.07) is 2.73. The highest BCUT2D eigenvalue weighted by atomic mass is 32.1. The molecule has 0 aromatic heterocycles. The fourth-order valence-corrected chi connectivity index (χ4v) is 11.3. The monoisotopic (exact) mass is 745 g/mol. The summed E-state index contributed by atoms with van der Waals surface area (Å²) in [5, 5.41) is 0. The van der Waals surface area contributed by atoms with Crippen molar-refractivity contribution in [1.82, 2.24) is 0 Å². The van der Waals surface area contributed by atoms with Gasteiger partial charge in [0.2, 0.25) is 0 Å². The predicted molar refractivity (Wildman–Crippen MR) is 228 cm³/mol. The number of hydrogen-bond donors (Lipinski definition) is 2. The third-order valence-electron chi connectivity index (χ3n) is 15.3. The van der Waals surface area contributed by atoms with E-state index in [-0.39, 0.29) is 0 Å². The maximum Gasteiger partial charge on any atom is 0.129 e. The van der Waals surface area contributed by atoms with Crippen LogP contribution in [0, 0.1) is 20.8 Å². The zero-order valence-electron chi connectivity index (χ0n) is 34.2. The molecule has 6 heteroatoms. The summed E-state index contributed by atoms with van der Waals surface area (Å²) in [4.78, 5) is 0. The van der Waals surface area contributed by atoms with E-state index < -0.39 is 0 Å². The van der Waals surface area contributed by atoms with Crippen molar-refractivity contribution in [1.29, 1.82) is 0 Å². The molecule has 6 aliphatic rings. The van der Waals surface area contributed by atoms with E-state index >= 15 is 0 Å². The van der Waals surface area contributed by atoms with E-state index in [9.17, 15) is 0 Å². The maximum atomic E-state index is 4.35. The average Bonchev–Trinajstić information content (AvgIpc) is 3.16. The quantitative estimate of drug-likeness (QED) is 0.0527. The van der Waals surface area contributed by atoms with Crippen LogP contribution in [0.4, 0.5) is 0 Å². The maximum absolute atomic E-state index is 4.35. The van der Waals surface area contributed by atoms with Crippen LogP contribution in [0.15, 0.2) is 6.07 Å². The van der Waals surface area contributed by atoms with Crippen molar-refractivity contribution in [3.05, 3.63) is 33.9 Å². The van der Waals surface area contributed by atoms with E-state index in [1.54, 1.807) is 27.8 Å². The Bertz CT molecular complexity index is 1050. The van der Waals surface area contributed by atoms with E-state index in [1.807, 2.05) is 0 Å². The summed E-state index contributed by atoms with van der Waals surface area (Å²) < 4.78 is 5.62. The molecular weight excluding hydrogens is 661 g/mol. The molecule has 6 fully saturated rings. The summed E-state index contributed by atoms with van der Waals surface area (Å²) in [5.41, 5.74) is 8.17. The normalized spacial score (nSPS) is 28.6. The summed E-state index contributed by atoms with van der Waals surface area (Å²) >= 11 is 8.70. The van der Waals surface area contributed by atoms with Crippen LogP contribution in [0.3, 0.4) is 0 Å². The molecule has 4 bridgehead atoms. The summed E-state index contributed by atoms with van der Waals surface area (Å²) in [5.74, 6) is 2.12. The summed E-state index contributed by atoms with van der Waals surface area (Å²) in [7, 11) is 0. The molecule has 292 valence electrons. The van der Waals surface area contributed by atoms with Gasteiger partial charge in [-0.2, -0.15) is 25.3 Å². The molecule has 0 aliphatic carbocycles. The number of quaternary nitrogens is 4. The van der Waals surface area contributed by atoms with Crippen molar-refractivity contribution in [2.75, 3.05) is 103 Å². The second-order valence-electron chi connectivity index (χ2n) is 18.7. The Hall–Kier alpha value is -0.240. The number of benzene rings is 1. The van der Waals surface area contributed by atoms with Crippen molar-refractivity contribution >= 4 is 25.3 Å². The number of unbranched alkanes of at least 4 members (excludes halogenated alkanes) is 16. The van der Waals surface area contributed by atoms with Gasteiger partial charge in [-0.1, -0.05) is 77.0 Å². The average molecular weight is 745 g/mol. The van der Waals surface area contributed by atoms with Crippen LogP contribution in [0.1, 0.15) is 143 Å². The molecule has 6 heterocycles. The zero-order chi connectivity index (χ0) is 36.0. The van der Waals surface area contributed by atoms with Gasteiger partial charge >= 0.3 is 0 Å². The predicted octanol–water partition coefficient (Wildman–Crippen LogP) is 9.81. The number of hydrogen-bond acceptors (Lipinski definition) is 2. The SMILES string of the molecule is Cc1c(C[N+]23CC[N+](CCCCCCCCCCCS)(CC2)CC3)cc(C[N+]23CC[N+](CCCCCCCCCCCS)(CC2)CC3)c(C)c1C. The zero-order valence-corrected chi connectivity index (χ0v) is 36.0. The molecule has 7 rings (SSSR count). The van der Waals surface area contributed by atoms with Gasteiger partial charge in [0.25, 0.3) is 0 Å². The topological polar surface area (TPSA) is 0 Å². The smallest absolute Gasteiger partial charge is 0.129 e. The second kappa shape index (κ2) is 20.6. The van der Waals surface area contributed by atoms with Gasteiger partial charge in [0.15, 0.2) is 0 Å². The van der Waals surface area contributed by atoms with Crippen LogP contribution in [-0.4, -0.2) is 121 Å². The van der Waals surface area contributed by atoms with Crippen LogP contribution in [0.25, 0.3) is 0 Å². The summed E-state index contributed by atoms with van der Waals surface area (Å²) in [6.07, 6.45) is 25.6. The van der Waals surface area contributed by atoms with Gasteiger partial charge in [-0.15, -0.1) is 0 Å². The van der Waals surface area contributed by atoms with E-state index in [1.165, 1.54) is 238 Å². The Morgan fingerprint density at radius 3 is 0.902 bits per heavy atom. The molecule has 1 aromatic carbocycles. The Labute approximate surface area is 328 Å². The van der Waals surface area contributed by atoms with Gasteiger partial charge in [-0.05, 0) is 93.6 Å². The third kappa shape index (κ3) is 11.9. The van der Waals surface area contributed by atoms with Gasteiger partial charge in [0.1, 0.15) is 91.6 Å². The van der Waals surface area contributed by atoms with Crippen LogP contribution in [0.5, 0.6) is 0 Å². The molecule has 0 unspecified atom stereocenters. The molecule has 6 saturated heterocycles. The fourth-order valence-electron chi connectivity index (χ4n) is 10.9. The van der Waals surface area contributed by atoms with Crippen molar-refractivity contribution in [2.24, 2.45) is 0 Å². The molecule has 1 aromatic rings. The number of rotatable bonds is 26. The minimum atomic E-state index is 1.06. The van der Waals surface area contributed by atoms with Crippen LogP contribution in [0.2, 0.25) is 0 Å². The van der Waals surface area contributed by atoms with Gasteiger partial charge in [-0.25, -0.2) is 0 Å². The third-order valence-corrected chi connectivity index (χ3v) is 16.0. The van der Waals surface area contributed by atoms with Crippen LogP contribution < -0.4 is 0 Å². The number of thiol groups is 2. The van der Waals surface area contributed by atoms with Gasteiger partial charge in [-0.3, -0.25) is 0 Å². The first kappa shape index (κ1) is 41.9. The molecule has 0 spiro atoms. The molecule has 4 nitrogen and oxygen atoms in total. The molecule has 0 radical (unpaired) electrons. The Morgan fingerprint density at radius 1 is 0.353 bits per heavy atom. The van der Waals surface area contributed by atoms with Crippen molar-refractivity contribution < 1.29 is 17.9 Å². The Morgan fingerprint density at radius 2 is 0.608 bits per heavy atom. The fraction of sp³-hybridized carbons (Fsp3) is 0.867. The van der Waals surface area contributed by atoms with Crippen molar-refractivity contribution in [2.45, 2.75) is 149 Å². The lowest BCUT2D eigenvalue weighted by Crippen LogP contribution is -2.74. The minimum Gasteiger partial charge on any atom is -0.310 e. The Kier molecular flexibility index (Phi) is 16.9. The number of fused-ring (bicyclic) bond motifs is 6. The highest BCUT2D eigenvalue weighted by Gasteiger charge is 2.50. The molecule has 0 amide bonds. The minimum absolute atomic E-state index is 1.06. The highest BCUT2D eigenvalue weighted by molar-refractivity contribution is 7.80. The lowest BCUT2D eigenvalue weighted by molar-refractivity contribution is -1.09. The number of piperazine rings is 6. The lowest BCUT2D eigenvalue weighted by atomic mass is 9.91. The van der Waals surface area contributed by atoms with E-state index in [0.29, 0.717) is 0 Å². The van der Waals surface area contributed by atoms with E-state index in [4.69, 9.17) is 0 Å². The lowest BCUT2D eigenvalue weighted by Gasteiger charge is -2.56. The van der Waals surface area contributed by atoms with Gasteiger partial charge < -0.3 is 17.9 Å². The second-order valence-corrected chi connectivity index (χ2v) is 19.6. The first-order valence-corrected chi connectivity index (χ1v) is 23.7. The molecule has 51 heavy (non-hydrogen) atoms. The summed E-state index contributed by atoms with van der Waals surface area (Å²) in [6.45, 7) is 29.8. The first-order valence-electron chi connectivity index (χ1n) is 22.5. The molecule has 6 aliphatic heterocycles. The van der Waals surface area contributed by atoms with Crippen molar-refractivity contribution in [3.8, 4) is 0 Å². The molecule has 0 N–H and O–H groups in total. The van der Waals surface area contributed by atoms with Gasteiger partial charge in [0, 0.05) is 11.1 Å². The number of nitrogens with zero attached hydrogens (tertiary/aromatic N) is 4. The molecule has 0 saturated carbocycles. The molecular formula is C45H84N4S2+4. The standard InChI is InChI=1S/C45H82N4S2/c1-41-42(2)44(39-48-30-24-46(25-31-48,26-32-48)22-18-14-10-6-4-8-12-16-20-36-50)38-45(43(41)3)40-49-33-27-47(28-34-49,29-35-49)23-19-15-11-7-5-9-13-17-21-37-51/h38H,4-37,39-40H2,1-3H3/q+2/p+2. The van der Waals surface area contributed by atoms with Crippen LogP contribution >= 0.6 is 25.3 Å². The van der Waals surface area contributed by atoms with E-state index in [2.05, 4.69) is 52.1 Å².